The van der Waals surface area contributed by atoms with Gasteiger partial charge in [-0.05, 0) is 32.3 Å². The van der Waals surface area contributed by atoms with Gasteiger partial charge in [-0.25, -0.2) is 0 Å². The first-order valence-corrected chi connectivity index (χ1v) is 9.34. The Balaban J connectivity index is 2.05. The molecule has 4 heteroatoms. The second-order valence-electron chi connectivity index (χ2n) is 7.06. The summed E-state index contributed by atoms with van der Waals surface area (Å²) >= 11 is 0. The zero-order valence-corrected chi connectivity index (χ0v) is 14.8. The molecule has 1 aliphatic carbocycles. The van der Waals surface area contributed by atoms with Crippen molar-refractivity contribution < 1.29 is 14.6 Å². The molecule has 0 bridgehead atoms. The second kappa shape index (κ2) is 7.14. The topological polar surface area (TPSA) is 49.8 Å². The van der Waals surface area contributed by atoms with E-state index in [2.05, 4.69) is 6.07 Å². The highest BCUT2D eigenvalue weighted by Crippen LogP contribution is 2.50. The number of ether oxygens (including phenoxy) is 1. The van der Waals surface area contributed by atoms with Crippen LogP contribution in [0.25, 0.3) is 0 Å². The molecule has 2 fully saturated rings. The van der Waals surface area contributed by atoms with E-state index >= 15 is 0 Å². The number of carbonyl (C=O) groups is 1. The summed E-state index contributed by atoms with van der Waals surface area (Å²) in [5, 5.41) is 11.2. The summed E-state index contributed by atoms with van der Waals surface area (Å²) in [5.41, 5.74) is 0.401. The van der Waals surface area contributed by atoms with Crippen molar-refractivity contribution in [3.63, 3.8) is 0 Å². The third-order valence-corrected chi connectivity index (χ3v) is 5.73. The molecule has 2 unspecified atom stereocenters. The lowest BCUT2D eigenvalue weighted by molar-refractivity contribution is -0.155. The average molecular weight is 331 g/mol. The van der Waals surface area contributed by atoms with E-state index in [1.54, 1.807) is 0 Å². The molecule has 1 heterocycles. The van der Waals surface area contributed by atoms with E-state index in [1.165, 1.54) is 0 Å². The first-order chi connectivity index (χ1) is 11.6. The molecule has 1 N–H and O–H groups in total. The summed E-state index contributed by atoms with van der Waals surface area (Å²) in [5.74, 6) is 1.10. The van der Waals surface area contributed by atoms with Gasteiger partial charge in [-0.2, -0.15) is 0 Å². The second-order valence-corrected chi connectivity index (χ2v) is 7.06. The summed E-state index contributed by atoms with van der Waals surface area (Å²) in [6.45, 7) is 5.12. The van der Waals surface area contributed by atoms with Crippen LogP contribution in [-0.2, 0) is 4.79 Å². The van der Waals surface area contributed by atoms with Gasteiger partial charge in [-0.1, -0.05) is 38.0 Å². The largest absolute Gasteiger partial charge is 0.494 e. The van der Waals surface area contributed by atoms with E-state index in [1.807, 2.05) is 36.9 Å². The molecular weight excluding hydrogens is 302 g/mol. The highest BCUT2D eigenvalue weighted by molar-refractivity contribution is 5.76. The first kappa shape index (κ1) is 17.3. The van der Waals surface area contributed by atoms with Crippen molar-refractivity contribution in [2.24, 2.45) is 5.92 Å². The number of amides is 1. The summed E-state index contributed by atoms with van der Waals surface area (Å²) in [6, 6.07) is 7.93. The number of aliphatic hydroxyl groups is 1. The fraction of sp³-hybridized carbons (Fsp3) is 0.650. The molecule has 1 amide bonds. The van der Waals surface area contributed by atoms with Crippen LogP contribution in [0.2, 0.25) is 0 Å². The summed E-state index contributed by atoms with van der Waals surface area (Å²) in [4.78, 5) is 14.6. The molecule has 0 aromatic heterocycles. The highest BCUT2D eigenvalue weighted by atomic mass is 16.5. The van der Waals surface area contributed by atoms with Gasteiger partial charge in [0.15, 0.2) is 0 Å². The first-order valence-electron chi connectivity index (χ1n) is 9.34. The molecule has 3 rings (SSSR count). The van der Waals surface area contributed by atoms with Crippen LogP contribution >= 0.6 is 0 Å². The minimum Gasteiger partial charge on any atom is -0.494 e. The van der Waals surface area contributed by atoms with E-state index in [0.29, 0.717) is 26.0 Å². The minimum absolute atomic E-state index is 0.0840. The Kier molecular flexibility index (Phi) is 5.14. The van der Waals surface area contributed by atoms with E-state index in [9.17, 15) is 9.90 Å². The zero-order chi connectivity index (χ0) is 17.2. The number of nitrogens with zero attached hydrogens (tertiary/aromatic N) is 1. The molecular formula is C20H29NO3. The fourth-order valence-corrected chi connectivity index (χ4v) is 4.56. The lowest BCUT2D eigenvalue weighted by Gasteiger charge is -2.52. The van der Waals surface area contributed by atoms with Gasteiger partial charge in [0.1, 0.15) is 5.75 Å². The molecule has 0 spiro atoms. The van der Waals surface area contributed by atoms with Gasteiger partial charge in [0, 0.05) is 24.4 Å². The number of rotatable bonds is 4. The van der Waals surface area contributed by atoms with Gasteiger partial charge in [0.2, 0.25) is 5.91 Å². The van der Waals surface area contributed by atoms with Gasteiger partial charge in [0.25, 0.3) is 0 Å². The number of fused-ring (bicyclic) bond motifs is 1. The van der Waals surface area contributed by atoms with Crippen LogP contribution in [0.5, 0.6) is 5.75 Å². The minimum atomic E-state index is -0.646. The van der Waals surface area contributed by atoms with E-state index in [-0.39, 0.29) is 17.9 Å². The van der Waals surface area contributed by atoms with Crippen molar-refractivity contribution in [1.82, 2.24) is 4.90 Å². The molecule has 1 aliphatic heterocycles. The Morgan fingerprint density at radius 1 is 1.29 bits per heavy atom. The molecule has 3 atom stereocenters. The lowest BCUT2D eigenvalue weighted by Crippen LogP contribution is -2.56. The third-order valence-electron chi connectivity index (χ3n) is 5.73. The molecule has 0 radical (unpaired) electrons. The number of piperidine rings is 1. The monoisotopic (exact) mass is 331 g/mol. The standard InChI is InChI=1S/C20H29NO3/c1-3-18(22)21-14-13-20(23)12-8-7-10-16(20)19(21)15-9-5-6-11-17(15)24-4-2/h5-6,9,11,16,19,23H,3-4,7-8,10,12-14H2,1-2H3/t16?,19-,20?/m0/s1. The van der Waals surface area contributed by atoms with Crippen molar-refractivity contribution in [2.45, 2.75) is 64.0 Å². The number of likely N-dealkylation sites (tertiary alicyclic amines) is 1. The quantitative estimate of drug-likeness (QED) is 0.915. The Bertz CT molecular complexity index is 588. The average Bonchev–Trinajstić information content (AvgIpc) is 2.60. The van der Waals surface area contributed by atoms with Crippen LogP contribution in [0, 0.1) is 5.92 Å². The molecule has 1 saturated heterocycles. The van der Waals surface area contributed by atoms with Crippen LogP contribution in [0.3, 0.4) is 0 Å². The Morgan fingerprint density at radius 3 is 2.83 bits per heavy atom. The summed E-state index contributed by atoms with van der Waals surface area (Å²) in [7, 11) is 0. The predicted molar refractivity (Wildman–Crippen MR) is 93.9 cm³/mol. The summed E-state index contributed by atoms with van der Waals surface area (Å²) < 4.78 is 5.84. The molecule has 4 nitrogen and oxygen atoms in total. The van der Waals surface area contributed by atoms with Gasteiger partial charge in [-0.3, -0.25) is 4.79 Å². The smallest absolute Gasteiger partial charge is 0.222 e. The maximum absolute atomic E-state index is 12.6. The highest BCUT2D eigenvalue weighted by Gasteiger charge is 2.50. The van der Waals surface area contributed by atoms with Crippen LogP contribution in [0.4, 0.5) is 0 Å². The maximum atomic E-state index is 12.6. The SMILES string of the molecule is CCOc1ccccc1[C@H]1C2CCCCC2(O)CCN1C(=O)CC. The number of hydrogen-bond acceptors (Lipinski definition) is 3. The van der Waals surface area contributed by atoms with Gasteiger partial charge < -0.3 is 14.7 Å². The molecule has 132 valence electrons. The van der Waals surface area contributed by atoms with Crippen LogP contribution < -0.4 is 4.74 Å². The number of hydrogen-bond donors (Lipinski definition) is 1. The molecule has 1 aromatic rings. The van der Waals surface area contributed by atoms with E-state index in [4.69, 9.17) is 4.74 Å². The van der Waals surface area contributed by atoms with Crippen molar-refractivity contribution in [1.29, 1.82) is 0 Å². The van der Waals surface area contributed by atoms with Crippen molar-refractivity contribution in [3.8, 4) is 5.75 Å². The predicted octanol–water partition coefficient (Wildman–Crippen LogP) is 3.69. The number of para-hydroxylation sites is 1. The molecule has 2 aliphatic rings. The van der Waals surface area contributed by atoms with E-state index < -0.39 is 5.60 Å². The van der Waals surface area contributed by atoms with Crippen LogP contribution in [-0.4, -0.2) is 34.7 Å². The normalized spacial score (nSPS) is 29.9. The Labute approximate surface area is 144 Å². The van der Waals surface area contributed by atoms with Crippen molar-refractivity contribution in [3.05, 3.63) is 29.8 Å². The molecule has 1 saturated carbocycles. The van der Waals surface area contributed by atoms with Gasteiger partial charge in [0.05, 0.1) is 18.2 Å². The Hall–Kier alpha value is -1.55. The summed E-state index contributed by atoms with van der Waals surface area (Å²) in [6.07, 6.45) is 5.20. The van der Waals surface area contributed by atoms with Crippen LogP contribution in [0.1, 0.15) is 64.0 Å². The van der Waals surface area contributed by atoms with Gasteiger partial charge in [-0.15, -0.1) is 0 Å². The zero-order valence-electron chi connectivity index (χ0n) is 14.8. The maximum Gasteiger partial charge on any atom is 0.222 e. The fourth-order valence-electron chi connectivity index (χ4n) is 4.56. The molecule has 1 aromatic carbocycles. The lowest BCUT2D eigenvalue weighted by atomic mass is 9.66. The third kappa shape index (κ3) is 3.04. The van der Waals surface area contributed by atoms with E-state index in [0.717, 1.165) is 37.0 Å². The van der Waals surface area contributed by atoms with Crippen molar-refractivity contribution >= 4 is 5.91 Å². The number of carbonyl (C=O) groups excluding carboxylic acids is 1. The Morgan fingerprint density at radius 2 is 2.08 bits per heavy atom. The van der Waals surface area contributed by atoms with Crippen LogP contribution in [0.15, 0.2) is 24.3 Å². The molecule has 24 heavy (non-hydrogen) atoms. The number of benzene rings is 1. The van der Waals surface area contributed by atoms with Gasteiger partial charge >= 0.3 is 0 Å². The van der Waals surface area contributed by atoms with Crippen molar-refractivity contribution in [2.75, 3.05) is 13.2 Å².